The van der Waals surface area contributed by atoms with Crippen LogP contribution >= 0.6 is 0 Å². The molecule has 0 radical (unpaired) electrons. The summed E-state index contributed by atoms with van der Waals surface area (Å²) in [5.74, 6) is -0.730. The molecule has 8 rings (SSSR count). The maximum absolute atomic E-state index is 11.2. The zero-order valence-corrected chi connectivity index (χ0v) is 36.4. The van der Waals surface area contributed by atoms with Crippen LogP contribution in [0.2, 0.25) is 0 Å². The molecule has 0 saturated heterocycles. The molecule has 0 atom stereocenters. The van der Waals surface area contributed by atoms with E-state index < -0.39 is 11.4 Å². The standard InChI is InChI=1S/2C9H11NO2.2C5H5NO.2C4H4N2O2.2C4H4N2O/c2*1-2-12-9(11)7-5-3-4-6-8(7)10;2*7-5-3-1-2-4-6-5;2*7-3-1-2-5-4(8)6-3;2*7-4-5-2-1-3-6-4/h2*3-6H,2,10H2,1H3;2*1-4H,(H,6,7);2*1-2H,(H2,5,6,7,8);2*1-3H,(H,5,6,7). The fourth-order valence-electron chi connectivity index (χ4n) is 3.92. The molecule has 2 aromatic carbocycles. The second kappa shape index (κ2) is 34.5. The van der Waals surface area contributed by atoms with Crippen molar-refractivity contribution < 1.29 is 19.1 Å². The van der Waals surface area contributed by atoms with Crippen LogP contribution in [0.3, 0.4) is 0 Å². The Labute approximate surface area is 383 Å². The van der Waals surface area contributed by atoms with Crippen molar-refractivity contribution >= 4 is 23.3 Å². The van der Waals surface area contributed by atoms with Gasteiger partial charge in [0.25, 0.3) is 11.1 Å². The predicted molar refractivity (Wildman–Crippen MR) is 253 cm³/mol. The van der Waals surface area contributed by atoms with E-state index in [0.29, 0.717) is 35.7 Å². The number of carbonyl (C=O) groups is 2. The van der Waals surface area contributed by atoms with Gasteiger partial charge in [-0.25, -0.2) is 38.7 Å². The fraction of sp³-hybridized carbons (Fsp3) is 0.0909. The maximum Gasteiger partial charge on any atom is 0.344 e. The van der Waals surface area contributed by atoms with Crippen LogP contribution in [0, 0.1) is 0 Å². The van der Waals surface area contributed by atoms with Crippen LogP contribution in [0.5, 0.6) is 0 Å². The highest BCUT2D eigenvalue weighted by molar-refractivity contribution is 5.95. The first kappa shape index (κ1) is 56.0. The summed E-state index contributed by atoms with van der Waals surface area (Å²) >= 11 is 0. The van der Waals surface area contributed by atoms with Crippen LogP contribution in [-0.4, -0.2) is 75.0 Å². The van der Waals surface area contributed by atoms with E-state index in [1.54, 1.807) is 111 Å². The van der Waals surface area contributed by atoms with Gasteiger partial charge in [-0.15, -0.1) is 0 Å². The minimum Gasteiger partial charge on any atom is -0.462 e. The maximum atomic E-state index is 11.2. The second-order valence-electron chi connectivity index (χ2n) is 11.8. The summed E-state index contributed by atoms with van der Waals surface area (Å²) in [5, 5.41) is 0. The lowest BCUT2D eigenvalue weighted by atomic mass is 10.2. The van der Waals surface area contributed by atoms with Crippen molar-refractivity contribution in [1.29, 1.82) is 0 Å². The van der Waals surface area contributed by atoms with E-state index >= 15 is 0 Å². The van der Waals surface area contributed by atoms with E-state index in [1.165, 1.54) is 61.4 Å². The highest BCUT2D eigenvalue weighted by Gasteiger charge is 2.09. The van der Waals surface area contributed by atoms with Crippen molar-refractivity contribution in [2.24, 2.45) is 0 Å². The number of anilines is 2. The summed E-state index contributed by atoms with van der Waals surface area (Å²) < 4.78 is 9.58. The van der Waals surface area contributed by atoms with Gasteiger partial charge in [-0.2, -0.15) is 0 Å². The number of nitrogen functional groups attached to an aromatic ring is 2. The molecule has 0 aliphatic carbocycles. The van der Waals surface area contributed by atoms with Crippen molar-refractivity contribution in [2.75, 3.05) is 24.7 Å². The van der Waals surface area contributed by atoms with Crippen molar-refractivity contribution in [3.05, 3.63) is 253 Å². The topological polar surface area (TPSA) is 393 Å². The average Bonchev–Trinajstić information content (AvgIpc) is 3.32. The molecule has 356 valence electrons. The van der Waals surface area contributed by atoms with Crippen LogP contribution in [0.4, 0.5) is 11.4 Å². The van der Waals surface area contributed by atoms with Crippen LogP contribution in [0.1, 0.15) is 34.6 Å². The first-order chi connectivity index (χ1) is 32.7. The lowest BCUT2D eigenvalue weighted by Gasteiger charge is -2.03. The Morgan fingerprint density at radius 3 is 0.985 bits per heavy atom. The number of ether oxygens (including phenoxy) is 2. The number of hydrogen-bond donors (Lipinski definition) is 10. The average molecular weight is 937 g/mol. The number of pyridine rings is 2. The van der Waals surface area contributed by atoms with Gasteiger partial charge in [0.15, 0.2) is 0 Å². The third kappa shape index (κ3) is 27.8. The molecule has 12 N–H and O–H groups in total. The molecule has 0 fully saturated rings. The van der Waals surface area contributed by atoms with Crippen molar-refractivity contribution in [3.8, 4) is 0 Å². The normalized spacial score (nSPS) is 8.97. The third-order valence-electron chi connectivity index (χ3n) is 6.81. The summed E-state index contributed by atoms with van der Waals surface area (Å²) in [6.45, 7) is 4.26. The van der Waals surface area contributed by atoms with Crippen LogP contribution in [0.25, 0.3) is 0 Å². The molecule has 24 heteroatoms. The first-order valence-electron chi connectivity index (χ1n) is 19.5. The lowest BCUT2D eigenvalue weighted by Crippen LogP contribution is -2.19. The summed E-state index contributed by atoms with van der Waals surface area (Å²) in [6, 6.07) is 29.3. The zero-order chi connectivity index (χ0) is 50.4. The van der Waals surface area contributed by atoms with Crippen LogP contribution in [-0.2, 0) is 9.47 Å². The fourth-order valence-corrected chi connectivity index (χ4v) is 3.92. The Morgan fingerprint density at radius 1 is 0.426 bits per heavy atom. The molecule has 6 heterocycles. The molecule has 68 heavy (non-hydrogen) atoms. The summed E-state index contributed by atoms with van der Waals surface area (Å²) in [6.07, 6.45) is 11.7. The smallest absolute Gasteiger partial charge is 0.344 e. The van der Waals surface area contributed by atoms with Gasteiger partial charge in [0, 0.05) is 85.2 Å². The van der Waals surface area contributed by atoms with Crippen molar-refractivity contribution in [3.63, 3.8) is 0 Å². The molecule has 0 amide bonds. The molecule has 24 nitrogen and oxygen atoms in total. The number of hydrogen-bond acceptors (Lipinski definition) is 16. The van der Waals surface area contributed by atoms with E-state index in [-0.39, 0.29) is 45.6 Å². The highest BCUT2D eigenvalue weighted by atomic mass is 16.5. The Bertz CT molecular complexity index is 2720. The minimum atomic E-state index is -0.475. The molecule has 0 bridgehead atoms. The van der Waals surface area contributed by atoms with Gasteiger partial charge in [0.1, 0.15) is 0 Å². The van der Waals surface area contributed by atoms with Crippen LogP contribution in [0.15, 0.2) is 197 Å². The highest BCUT2D eigenvalue weighted by Crippen LogP contribution is 2.12. The van der Waals surface area contributed by atoms with E-state index in [0.717, 1.165) is 0 Å². The summed E-state index contributed by atoms with van der Waals surface area (Å²) in [5.41, 5.74) is 10.4. The zero-order valence-electron chi connectivity index (χ0n) is 36.4. The lowest BCUT2D eigenvalue weighted by molar-refractivity contribution is 0.0518. The van der Waals surface area contributed by atoms with E-state index in [9.17, 15) is 47.9 Å². The number of nitrogens with zero attached hydrogens (tertiary/aromatic N) is 2. The van der Waals surface area contributed by atoms with E-state index in [1.807, 2.05) is 9.97 Å². The Hall–Kier alpha value is -10.0. The molecule has 0 spiro atoms. The number of aromatic amines is 8. The first-order valence-corrected chi connectivity index (χ1v) is 19.5. The predicted octanol–water partition coefficient (Wildman–Crippen LogP) is 1.31. The second-order valence-corrected chi connectivity index (χ2v) is 11.8. The third-order valence-corrected chi connectivity index (χ3v) is 6.81. The van der Waals surface area contributed by atoms with E-state index in [4.69, 9.17) is 20.9 Å². The van der Waals surface area contributed by atoms with Gasteiger partial charge in [-0.1, -0.05) is 36.4 Å². The van der Waals surface area contributed by atoms with Crippen LogP contribution < -0.4 is 56.5 Å². The number of rotatable bonds is 4. The number of H-pyrrole nitrogens is 8. The number of nitrogens with two attached hydrogens (primary N) is 2. The van der Waals surface area contributed by atoms with Crippen molar-refractivity contribution in [2.45, 2.75) is 13.8 Å². The SMILES string of the molecule is CCOC(=O)c1ccccc1N.CCOC(=O)c1ccccc1N.O=c1cc[nH]c(=O)[nH]1.O=c1cc[nH]c(=O)[nH]1.O=c1cccc[nH]1.O=c1cccc[nH]1.O=c1nccc[nH]1.O=c1nccc[nH]1. The number of para-hydroxylation sites is 2. The monoisotopic (exact) mass is 936 g/mol. The number of benzene rings is 2. The molecule has 6 aromatic heterocycles. The van der Waals surface area contributed by atoms with Crippen molar-refractivity contribution in [1.82, 2.24) is 49.8 Å². The molecule has 8 aromatic rings. The van der Waals surface area contributed by atoms with Gasteiger partial charge in [-0.3, -0.25) is 29.1 Å². The Morgan fingerprint density at radius 2 is 0.779 bits per heavy atom. The van der Waals surface area contributed by atoms with Gasteiger partial charge in [0.05, 0.1) is 24.3 Å². The molecular weight excluding hydrogens is 889 g/mol. The minimum absolute atomic E-state index is 0.0532. The molecule has 0 aliphatic heterocycles. The number of nitrogens with one attached hydrogen (secondary N) is 8. The largest absolute Gasteiger partial charge is 0.462 e. The summed E-state index contributed by atoms with van der Waals surface area (Å²) in [7, 11) is 0. The van der Waals surface area contributed by atoms with E-state index in [2.05, 4.69) is 39.9 Å². The number of aromatic nitrogens is 10. The quantitative estimate of drug-likeness (QED) is 0.0878. The Kier molecular flexibility index (Phi) is 28.4. The van der Waals surface area contributed by atoms with Gasteiger partial charge < -0.3 is 50.8 Å². The molecule has 0 saturated carbocycles. The summed E-state index contributed by atoms with van der Waals surface area (Å²) in [4.78, 5) is 129. The number of esters is 2. The van der Waals surface area contributed by atoms with Gasteiger partial charge in [-0.05, 0) is 62.4 Å². The number of carbonyl (C=O) groups excluding carboxylic acids is 2. The molecule has 0 unspecified atom stereocenters. The van der Waals surface area contributed by atoms with Gasteiger partial charge >= 0.3 is 34.7 Å². The molecule has 0 aliphatic rings. The van der Waals surface area contributed by atoms with Gasteiger partial charge in [0.2, 0.25) is 11.1 Å². The Balaban J connectivity index is 0.000000392. The molecular formula is C44H48N12O12.